The summed E-state index contributed by atoms with van der Waals surface area (Å²) in [5, 5.41) is 0.772. The van der Waals surface area contributed by atoms with Crippen LogP contribution in [0.4, 0.5) is 0 Å². The maximum atomic E-state index is 5.81. The molecule has 0 bridgehead atoms. The molecule has 1 aromatic rings. The van der Waals surface area contributed by atoms with E-state index in [1.54, 1.807) is 6.07 Å². The fourth-order valence-corrected chi connectivity index (χ4v) is 1.11. The molecule has 2 heteroatoms. The van der Waals surface area contributed by atoms with Crippen LogP contribution in [0, 0.1) is 13.0 Å². The summed E-state index contributed by atoms with van der Waals surface area (Å²) in [6.07, 6.45) is 0. The molecule has 1 aromatic carbocycles. The molecule has 1 rings (SSSR count). The van der Waals surface area contributed by atoms with Crippen LogP contribution in [0.1, 0.15) is 5.56 Å². The molecule has 47 valence electrons. The third-order valence-corrected chi connectivity index (χ3v) is 2.42. The van der Waals surface area contributed by atoms with Crippen molar-refractivity contribution in [1.29, 1.82) is 0 Å². The molecule has 0 nitrogen and oxygen atoms in total. The standard InChI is InChI=1S/C7H5BrCl/c1-5-3-2-4-6(8)7(5)9/h3-4H,1H3. The predicted molar refractivity (Wildman–Crippen MR) is 42.7 cm³/mol. The van der Waals surface area contributed by atoms with Crippen LogP contribution in [-0.4, -0.2) is 0 Å². The van der Waals surface area contributed by atoms with Crippen molar-refractivity contribution in [3.05, 3.63) is 33.3 Å². The first-order valence-electron chi connectivity index (χ1n) is 2.53. The summed E-state index contributed by atoms with van der Waals surface area (Å²) < 4.78 is 0.907. The van der Waals surface area contributed by atoms with E-state index in [1.165, 1.54) is 0 Å². The van der Waals surface area contributed by atoms with Gasteiger partial charge in [0.15, 0.2) is 0 Å². The number of aryl methyl sites for hydroxylation is 1. The summed E-state index contributed by atoms with van der Waals surface area (Å²) in [6.45, 7) is 1.95. The van der Waals surface area contributed by atoms with E-state index in [9.17, 15) is 0 Å². The third kappa shape index (κ3) is 1.46. The summed E-state index contributed by atoms with van der Waals surface area (Å²) >= 11 is 9.09. The van der Waals surface area contributed by atoms with Crippen LogP contribution in [0.3, 0.4) is 0 Å². The van der Waals surface area contributed by atoms with E-state index in [-0.39, 0.29) is 0 Å². The summed E-state index contributed by atoms with van der Waals surface area (Å²) in [5.41, 5.74) is 1.05. The Bertz CT molecular complexity index is 200. The van der Waals surface area contributed by atoms with Gasteiger partial charge in [-0.1, -0.05) is 11.6 Å². The lowest BCUT2D eigenvalue weighted by Gasteiger charge is -1.96. The quantitative estimate of drug-likeness (QED) is 0.609. The molecule has 9 heavy (non-hydrogen) atoms. The number of benzene rings is 1. The lowest BCUT2D eigenvalue weighted by atomic mass is 10.2. The second-order valence-corrected chi connectivity index (χ2v) is 3.03. The van der Waals surface area contributed by atoms with Gasteiger partial charge < -0.3 is 0 Å². The Kier molecular flexibility index (Phi) is 2.14. The molecule has 0 fully saturated rings. The highest BCUT2D eigenvalue weighted by Crippen LogP contribution is 2.24. The van der Waals surface area contributed by atoms with Crippen LogP contribution in [0.15, 0.2) is 16.6 Å². The van der Waals surface area contributed by atoms with Crippen LogP contribution in [0.5, 0.6) is 0 Å². The molecule has 0 amide bonds. The number of hydrogen-bond donors (Lipinski definition) is 0. The van der Waals surface area contributed by atoms with E-state index >= 15 is 0 Å². The van der Waals surface area contributed by atoms with Crippen LogP contribution >= 0.6 is 27.5 Å². The SMILES string of the molecule is Cc1c[c]cc(Br)c1Cl. The summed E-state index contributed by atoms with van der Waals surface area (Å²) in [5.74, 6) is 0. The summed E-state index contributed by atoms with van der Waals surface area (Å²) in [4.78, 5) is 0. The van der Waals surface area contributed by atoms with Crippen molar-refractivity contribution in [2.75, 3.05) is 0 Å². The number of hydrogen-bond acceptors (Lipinski definition) is 0. The van der Waals surface area contributed by atoms with Crippen molar-refractivity contribution < 1.29 is 0 Å². The topological polar surface area (TPSA) is 0 Å². The van der Waals surface area contributed by atoms with E-state index in [0.717, 1.165) is 15.1 Å². The van der Waals surface area contributed by atoms with Gasteiger partial charge in [0.2, 0.25) is 0 Å². The van der Waals surface area contributed by atoms with Gasteiger partial charge in [-0.15, -0.1) is 0 Å². The predicted octanol–water partition coefficient (Wildman–Crippen LogP) is 3.21. The monoisotopic (exact) mass is 203 g/mol. The van der Waals surface area contributed by atoms with Crippen LogP contribution in [-0.2, 0) is 0 Å². The largest absolute Gasteiger partial charge is 0.0828 e. The molecular formula is C7H5BrCl. The zero-order chi connectivity index (χ0) is 6.85. The molecule has 0 saturated heterocycles. The minimum atomic E-state index is 0.772. The average molecular weight is 204 g/mol. The van der Waals surface area contributed by atoms with E-state index in [0.29, 0.717) is 0 Å². The van der Waals surface area contributed by atoms with E-state index in [2.05, 4.69) is 22.0 Å². The Morgan fingerprint density at radius 1 is 1.56 bits per heavy atom. The molecule has 0 aliphatic rings. The normalized spacial score (nSPS) is 9.67. The van der Waals surface area contributed by atoms with Crippen molar-refractivity contribution in [1.82, 2.24) is 0 Å². The van der Waals surface area contributed by atoms with Crippen molar-refractivity contribution >= 4 is 27.5 Å². The van der Waals surface area contributed by atoms with Gasteiger partial charge >= 0.3 is 0 Å². The van der Waals surface area contributed by atoms with Crippen LogP contribution < -0.4 is 0 Å². The number of halogens is 2. The molecule has 0 saturated carbocycles. The maximum Gasteiger partial charge on any atom is 0.0577 e. The Balaban J connectivity index is 3.25. The molecule has 0 heterocycles. The Labute approximate surface area is 68.0 Å². The average Bonchev–Trinajstić information content (AvgIpc) is 1.83. The van der Waals surface area contributed by atoms with E-state index < -0.39 is 0 Å². The maximum absolute atomic E-state index is 5.81. The fraction of sp³-hybridized carbons (Fsp3) is 0.143. The highest BCUT2D eigenvalue weighted by Gasteiger charge is 1.96. The fourth-order valence-electron chi connectivity index (χ4n) is 0.555. The molecule has 0 aliphatic carbocycles. The van der Waals surface area contributed by atoms with Crippen molar-refractivity contribution in [2.45, 2.75) is 6.92 Å². The van der Waals surface area contributed by atoms with Crippen LogP contribution in [0.2, 0.25) is 5.02 Å². The van der Waals surface area contributed by atoms with Gasteiger partial charge in [0.05, 0.1) is 5.02 Å². The number of rotatable bonds is 0. The van der Waals surface area contributed by atoms with Gasteiger partial charge in [-0.25, -0.2) is 0 Å². The summed E-state index contributed by atoms with van der Waals surface area (Å²) in [7, 11) is 0. The van der Waals surface area contributed by atoms with E-state index in [1.807, 2.05) is 13.0 Å². The molecular weight excluding hydrogens is 199 g/mol. The Morgan fingerprint density at radius 2 is 2.22 bits per heavy atom. The first-order valence-corrected chi connectivity index (χ1v) is 3.70. The smallest absolute Gasteiger partial charge is 0.0577 e. The zero-order valence-corrected chi connectivity index (χ0v) is 7.25. The van der Waals surface area contributed by atoms with Gasteiger partial charge in [-0.2, -0.15) is 0 Å². The van der Waals surface area contributed by atoms with Crippen molar-refractivity contribution in [3.8, 4) is 0 Å². The Morgan fingerprint density at radius 3 is 2.67 bits per heavy atom. The minimum Gasteiger partial charge on any atom is -0.0828 e. The van der Waals surface area contributed by atoms with E-state index in [4.69, 9.17) is 11.6 Å². The molecule has 0 spiro atoms. The zero-order valence-electron chi connectivity index (χ0n) is 4.91. The lowest BCUT2D eigenvalue weighted by molar-refractivity contribution is 1.44. The van der Waals surface area contributed by atoms with Gasteiger partial charge in [0.25, 0.3) is 0 Å². The van der Waals surface area contributed by atoms with Gasteiger partial charge in [-0.05, 0) is 46.6 Å². The van der Waals surface area contributed by atoms with Crippen LogP contribution in [0.25, 0.3) is 0 Å². The van der Waals surface area contributed by atoms with Crippen molar-refractivity contribution in [3.63, 3.8) is 0 Å². The molecule has 0 N–H and O–H groups in total. The summed E-state index contributed by atoms with van der Waals surface area (Å²) in [6, 6.07) is 6.59. The lowest BCUT2D eigenvalue weighted by Crippen LogP contribution is -1.74. The van der Waals surface area contributed by atoms with Crippen molar-refractivity contribution in [2.24, 2.45) is 0 Å². The third-order valence-electron chi connectivity index (χ3n) is 1.07. The Hall–Kier alpha value is -0.0100. The molecule has 0 unspecified atom stereocenters. The molecule has 1 radical (unpaired) electrons. The van der Waals surface area contributed by atoms with Gasteiger partial charge in [0.1, 0.15) is 0 Å². The van der Waals surface area contributed by atoms with Gasteiger partial charge in [-0.3, -0.25) is 0 Å². The molecule has 0 aliphatic heterocycles. The second kappa shape index (κ2) is 2.72. The first-order chi connectivity index (χ1) is 4.22. The first kappa shape index (κ1) is 7.10. The molecule has 0 atom stereocenters. The van der Waals surface area contributed by atoms with Gasteiger partial charge in [0, 0.05) is 4.47 Å². The second-order valence-electron chi connectivity index (χ2n) is 1.80. The minimum absolute atomic E-state index is 0.772. The molecule has 0 aromatic heterocycles. The highest BCUT2D eigenvalue weighted by atomic mass is 79.9. The highest BCUT2D eigenvalue weighted by molar-refractivity contribution is 9.10.